The molecule has 6 unspecified atom stereocenters. The molecule has 1 spiro atoms. The van der Waals surface area contributed by atoms with Crippen molar-refractivity contribution >= 4 is 0 Å². The Bertz CT molecular complexity index is 728. The summed E-state index contributed by atoms with van der Waals surface area (Å²) < 4.78 is 6.14. The number of rotatable bonds is 2. The highest BCUT2D eigenvalue weighted by molar-refractivity contribution is 5.61. The van der Waals surface area contributed by atoms with Crippen molar-refractivity contribution < 1.29 is 19.8 Å². The zero-order valence-corrected chi connectivity index (χ0v) is 13.0. The summed E-state index contributed by atoms with van der Waals surface area (Å²) >= 11 is 0. The maximum Gasteiger partial charge on any atom is 0.165 e. The third-order valence-corrected chi connectivity index (χ3v) is 6.53. The lowest BCUT2D eigenvalue weighted by Gasteiger charge is -2.54. The van der Waals surface area contributed by atoms with Gasteiger partial charge in [0.25, 0.3) is 0 Å². The Kier molecular flexibility index (Phi) is 2.61. The number of ether oxygens (including phenoxy) is 1. The third kappa shape index (κ3) is 1.49. The van der Waals surface area contributed by atoms with E-state index in [0.29, 0.717) is 17.7 Å². The molecule has 1 aromatic rings. The molecule has 4 nitrogen and oxygen atoms in total. The molecule has 2 bridgehead atoms. The lowest BCUT2D eigenvalue weighted by molar-refractivity contribution is -0.931. The molecule has 5 rings (SSSR count). The van der Waals surface area contributed by atoms with Crippen molar-refractivity contribution in [2.24, 2.45) is 5.92 Å². The largest absolute Gasteiger partial charge is 0.504 e. The molecule has 0 amide bonds. The minimum absolute atomic E-state index is 0.175. The molecule has 2 heterocycles. The van der Waals surface area contributed by atoms with Crippen LogP contribution in [0, 0.1) is 5.92 Å². The van der Waals surface area contributed by atoms with Crippen molar-refractivity contribution in [3.8, 4) is 11.5 Å². The topological polar surface area (TPSA) is 54.1 Å². The number of hydrogen-bond acceptors (Lipinski definition) is 3. The predicted octanol–water partition coefficient (Wildman–Crippen LogP) is 0.337. The van der Waals surface area contributed by atoms with Crippen LogP contribution >= 0.6 is 0 Å². The van der Waals surface area contributed by atoms with E-state index in [1.54, 1.807) is 11.0 Å². The number of hydrogen-bond donors (Lipinski definition) is 3. The summed E-state index contributed by atoms with van der Waals surface area (Å²) in [7, 11) is 0. The van der Waals surface area contributed by atoms with Gasteiger partial charge in [-0.3, -0.25) is 0 Å². The van der Waals surface area contributed by atoms with Crippen LogP contribution in [0.2, 0.25) is 0 Å². The minimum Gasteiger partial charge on any atom is -0.504 e. The fourth-order valence-electron chi connectivity index (χ4n) is 5.70. The Balaban J connectivity index is 1.76. The van der Waals surface area contributed by atoms with Gasteiger partial charge in [0.15, 0.2) is 11.5 Å². The van der Waals surface area contributed by atoms with E-state index in [9.17, 15) is 10.2 Å². The van der Waals surface area contributed by atoms with Crippen molar-refractivity contribution in [2.45, 2.75) is 36.5 Å². The second kappa shape index (κ2) is 4.40. The summed E-state index contributed by atoms with van der Waals surface area (Å²) in [4.78, 5) is 1.57. The van der Waals surface area contributed by atoms with Crippen LogP contribution in [0.1, 0.15) is 17.5 Å². The molecule has 2 aliphatic heterocycles. The van der Waals surface area contributed by atoms with Gasteiger partial charge in [0.05, 0.1) is 24.5 Å². The van der Waals surface area contributed by atoms with Gasteiger partial charge in [-0.15, -0.1) is 0 Å². The fourth-order valence-corrected chi connectivity index (χ4v) is 5.70. The second-order valence-electron chi connectivity index (χ2n) is 7.39. The van der Waals surface area contributed by atoms with Crippen molar-refractivity contribution in [1.29, 1.82) is 0 Å². The van der Waals surface area contributed by atoms with Crippen LogP contribution in [0.4, 0.5) is 0 Å². The van der Waals surface area contributed by atoms with Crippen LogP contribution in [0.15, 0.2) is 36.9 Å². The highest BCUT2D eigenvalue weighted by Gasteiger charge is 2.66. The average Bonchev–Trinajstić information content (AvgIpc) is 2.89. The number of piperidine rings is 1. The molecule has 1 aromatic carbocycles. The first kappa shape index (κ1) is 13.6. The molecular weight excluding hydrogens is 290 g/mol. The Morgan fingerprint density at radius 3 is 3.09 bits per heavy atom. The van der Waals surface area contributed by atoms with E-state index in [1.807, 2.05) is 18.2 Å². The quantitative estimate of drug-likeness (QED) is 0.690. The molecule has 0 aromatic heterocycles. The first-order valence-corrected chi connectivity index (χ1v) is 8.50. The number of phenols is 1. The van der Waals surface area contributed by atoms with Crippen LogP contribution in [0.25, 0.3) is 0 Å². The molecule has 23 heavy (non-hydrogen) atoms. The fraction of sp³-hybridized carbons (Fsp3) is 0.474. The normalized spacial score (nSPS) is 42.0. The highest BCUT2D eigenvalue weighted by Crippen LogP contribution is 2.60. The van der Waals surface area contributed by atoms with Gasteiger partial charge in [0.2, 0.25) is 0 Å². The SMILES string of the molecule is C=CC[NH+]1CCC23c4c5ccc(O)c4OC2C(O)C=CC3C1C5. The summed E-state index contributed by atoms with van der Waals surface area (Å²) in [5.74, 6) is 1.18. The van der Waals surface area contributed by atoms with E-state index in [4.69, 9.17) is 4.74 Å². The molecule has 120 valence electrons. The molecule has 1 saturated heterocycles. The Morgan fingerprint density at radius 1 is 1.39 bits per heavy atom. The van der Waals surface area contributed by atoms with Crippen LogP contribution in [-0.2, 0) is 11.8 Å². The van der Waals surface area contributed by atoms with E-state index in [1.165, 1.54) is 11.1 Å². The van der Waals surface area contributed by atoms with Gasteiger partial charge in [-0.25, -0.2) is 0 Å². The van der Waals surface area contributed by atoms with Crippen molar-refractivity contribution in [3.05, 3.63) is 48.1 Å². The number of nitrogens with one attached hydrogen (secondary N) is 1. The number of aliphatic hydroxyl groups is 1. The molecule has 0 radical (unpaired) electrons. The molecule has 3 N–H and O–H groups in total. The van der Waals surface area contributed by atoms with E-state index >= 15 is 0 Å². The summed E-state index contributed by atoms with van der Waals surface area (Å²) in [5, 5.41) is 20.8. The number of benzene rings is 1. The van der Waals surface area contributed by atoms with Gasteiger partial charge in [-0.05, 0) is 17.7 Å². The van der Waals surface area contributed by atoms with E-state index in [-0.39, 0.29) is 17.3 Å². The van der Waals surface area contributed by atoms with Crippen molar-refractivity contribution in [3.63, 3.8) is 0 Å². The summed E-state index contributed by atoms with van der Waals surface area (Å²) in [6.07, 6.45) is 7.21. The lowest BCUT2D eigenvalue weighted by Crippen LogP contribution is -3.19. The maximum atomic E-state index is 10.5. The van der Waals surface area contributed by atoms with Crippen LogP contribution < -0.4 is 9.64 Å². The van der Waals surface area contributed by atoms with Crippen LogP contribution in [0.5, 0.6) is 11.5 Å². The first-order valence-electron chi connectivity index (χ1n) is 8.50. The third-order valence-electron chi connectivity index (χ3n) is 6.53. The van der Waals surface area contributed by atoms with Gasteiger partial charge >= 0.3 is 0 Å². The number of likely N-dealkylation sites (tertiary alicyclic amines) is 1. The molecular formula is C19H22NO3+. The molecule has 2 aliphatic carbocycles. The Hall–Kier alpha value is -1.78. The highest BCUT2D eigenvalue weighted by atomic mass is 16.5. The molecule has 0 saturated carbocycles. The van der Waals surface area contributed by atoms with E-state index in [2.05, 4.69) is 12.7 Å². The second-order valence-corrected chi connectivity index (χ2v) is 7.39. The summed E-state index contributed by atoms with van der Waals surface area (Å²) in [6.45, 7) is 5.95. The molecule has 1 fully saturated rings. The van der Waals surface area contributed by atoms with Crippen molar-refractivity contribution in [2.75, 3.05) is 13.1 Å². The zero-order chi connectivity index (χ0) is 15.8. The van der Waals surface area contributed by atoms with Gasteiger partial charge in [-0.1, -0.05) is 24.8 Å². The average molecular weight is 312 g/mol. The van der Waals surface area contributed by atoms with E-state index < -0.39 is 6.10 Å². The van der Waals surface area contributed by atoms with Gasteiger partial charge < -0.3 is 19.8 Å². The number of quaternary nitrogens is 1. The Morgan fingerprint density at radius 2 is 2.26 bits per heavy atom. The van der Waals surface area contributed by atoms with Crippen LogP contribution in [0.3, 0.4) is 0 Å². The monoisotopic (exact) mass is 312 g/mol. The smallest absolute Gasteiger partial charge is 0.165 e. The number of phenolic OH excluding ortho intramolecular Hbond substituents is 1. The minimum atomic E-state index is -0.606. The molecule has 4 aliphatic rings. The lowest BCUT2D eigenvalue weighted by atomic mass is 9.53. The molecule has 4 heteroatoms. The van der Waals surface area contributed by atoms with E-state index in [0.717, 1.165) is 25.9 Å². The van der Waals surface area contributed by atoms with Crippen LogP contribution in [-0.4, -0.2) is 41.6 Å². The maximum absolute atomic E-state index is 10.5. The molecule has 6 atom stereocenters. The first-order chi connectivity index (χ1) is 11.2. The Labute approximate surface area is 135 Å². The number of aromatic hydroxyl groups is 1. The van der Waals surface area contributed by atoms with Crippen molar-refractivity contribution in [1.82, 2.24) is 0 Å². The zero-order valence-electron chi connectivity index (χ0n) is 13.0. The number of aliphatic hydroxyl groups excluding tert-OH is 1. The van der Waals surface area contributed by atoms with Gasteiger partial charge in [0, 0.05) is 24.3 Å². The summed E-state index contributed by atoms with van der Waals surface area (Å²) in [5.41, 5.74) is 2.28. The van der Waals surface area contributed by atoms with Gasteiger partial charge in [0.1, 0.15) is 12.2 Å². The summed E-state index contributed by atoms with van der Waals surface area (Å²) in [6, 6.07) is 4.28. The predicted molar refractivity (Wildman–Crippen MR) is 85.8 cm³/mol. The standard InChI is InChI=1S/C19H21NO3/c1-2-8-20-9-7-19-12-4-6-15(22)18(19)23-17-14(21)5-3-11(16(17)19)10-13(12)20/h2-6,12-13,15,18,21-22H,1,7-10H2/p+1. The van der Waals surface area contributed by atoms with Gasteiger partial charge in [-0.2, -0.15) is 0 Å².